The summed E-state index contributed by atoms with van der Waals surface area (Å²) in [6.45, 7) is 2.82. The van der Waals surface area contributed by atoms with Gasteiger partial charge in [0.25, 0.3) is 0 Å². The molecule has 20 heavy (non-hydrogen) atoms. The van der Waals surface area contributed by atoms with Crippen molar-refractivity contribution >= 4 is 5.97 Å². The highest BCUT2D eigenvalue weighted by molar-refractivity contribution is 5.89. The van der Waals surface area contributed by atoms with E-state index in [9.17, 15) is 14.3 Å². The number of hydrogen-bond donors (Lipinski definition) is 1. The Kier molecular flexibility index (Phi) is 4.76. The topological polar surface area (TPSA) is 40.5 Å². The summed E-state index contributed by atoms with van der Waals surface area (Å²) in [5.74, 6) is -0.839. The highest BCUT2D eigenvalue weighted by Crippen LogP contribution is 2.27. The summed E-state index contributed by atoms with van der Waals surface area (Å²) >= 11 is 0. The van der Waals surface area contributed by atoms with Gasteiger partial charge >= 0.3 is 5.97 Å². The molecule has 3 nitrogen and oxygen atoms in total. The lowest BCUT2D eigenvalue weighted by molar-refractivity contribution is 0.0692. The van der Waals surface area contributed by atoms with E-state index in [1.807, 2.05) is 7.05 Å². The lowest BCUT2D eigenvalue weighted by Crippen LogP contribution is -2.35. The maximum atomic E-state index is 13.2. The Morgan fingerprint density at radius 1 is 1.45 bits per heavy atom. The number of hydrogen-bond acceptors (Lipinski definition) is 2. The van der Waals surface area contributed by atoms with Crippen LogP contribution in [-0.2, 0) is 6.54 Å². The largest absolute Gasteiger partial charge is 0.478 e. The molecule has 0 aromatic heterocycles. The Balaban J connectivity index is 2.11. The number of aromatic carboxylic acids is 1. The third-order valence-electron chi connectivity index (χ3n) is 4.25. The van der Waals surface area contributed by atoms with Crippen molar-refractivity contribution in [3.05, 3.63) is 35.1 Å². The van der Waals surface area contributed by atoms with Crippen LogP contribution in [0.15, 0.2) is 18.2 Å². The number of halogens is 1. The summed E-state index contributed by atoms with van der Waals surface area (Å²) in [7, 11) is 2.03. The molecule has 0 aliphatic heterocycles. The molecule has 1 fully saturated rings. The highest BCUT2D eigenvalue weighted by atomic mass is 19.1. The summed E-state index contributed by atoms with van der Waals surface area (Å²) in [6, 6.07) is 4.51. The Labute approximate surface area is 119 Å². The van der Waals surface area contributed by atoms with Gasteiger partial charge < -0.3 is 5.11 Å². The molecule has 1 aromatic rings. The van der Waals surface area contributed by atoms with Gasteiger partial charge in [-0.05, 0) is 43.5 Å². The van der Waals surface area contributed by atoms with Gasteiger partial charge in [0.15, 0.2) is 0 Å². The van der Waals surface area contributed by atoms with Crippen LogP contribution in [0.5, 0.6) is 0 Å². The average molecular weight is 279 g/mol. The van der Waals surface area contributed by atoms with Crippen LogP contribution in [0.2, 0.25) is 0 Å². The van der Waals surface area contributed by atoms with E-state index in [1.165, 1.54) is 18.9 Å². The molecule has 0 heterocycles. The second kappa shape index (κ2) is 6.35. The molecule has 0 saturated heterocycles. The number of carboxylic acids is 1. The Hall–Kier alpha value is -1.42. The second-order valence-electron chi connectivity index (χ2n) is 5.95. The number of carboxylic acid groups (broad SMARTS) is 1. The van der Waals surface area contributed by atoms with E-state index in [2.05, 4.69) is 11.8 Å². The van der Waals surface area contributed by atoms with Crippen LogP contribution in [0.4, 0.5) is 4.39 Å². The molecule has 0 spiro atoms. The van der Waals surface area contributed by atoms with Gasteiger partial charge in [0.1, 0.15) is 5.82 Å². The summed E-state index contributed by atoms with van der Waals surface area (Å²) in [6.07, 6.45) is 4.82. The molecule has 1 saturated carbocycles. The summed E-state index contributed by atoms with van der Waals surface area (Å²) < 4.78 is 13.2. The molecule has 1 aromatic carbocycles. The lowest BCUT2D eigenvalue weighted by atomic mass is 9.86. The maximum absolute atomic E-state index is 13.2. The average Bonchev–Trinajstić information content (AvgIpc) is 2.40. The number of benzene rings is 1. The molecule has 4 heteroatoms. The van der Waals surface area contributed by atoms with Crippen LogP contribution in [0.3, 0.4) is 0 Å². The van der Waals surface area contributed by atoms with E-state index in [-0.39, 0.29) is 5.56 Å². The molecule has 2 rings (SSSR count). The third-order valence-corrected chi connectivity index (χ3v) is 4.25. The molecule has 0 amide bonds. The van der Waals surface area contributed by atoms with Crippen LogP contribution in [-0.4, -0.2) is 29.1 Å². The van der Waals surface area contributed by atoms with Crippen molar-refractivity contribution in [1.29, 1.82) is 0 Å². The van der Waals surface area contributed by atoms with Gasteiger partial charge in [0, 0.05) is 12.6 Å². The van der Waals surface area contributed by atoms with Gasteiger partial charge in [0.05, 0.1) is 5.56 Å². The van der Waals surface area contributed by atoms with Crippen LogP contribution >= 0.6 is 0 Å². The predicted octanol–water partition coefficient (Wildman–Crippen LogP) is 3.53. The van der Waals surface area contributed by atoms with Gasteiger partial charge in [-0.3, -0.25) is 4.90 Å². The minimum absolute atomic E-state index is 0.0701. The van der Waals surface area contributed by atoms with Crippen molar-refractivity contribution in [2.24, 2.45) is 5.92 Å². The first-order valence-corrected chi connectivity index (χ1v) is 7.19. The van der Waals surface area contributed by atoms with Crippen LogP contribution < -0.4 is 0 Å². The number of nitrogens with zero attached hydrogens (tertiary/aromatic N) is 1. The standard InChI is InChI=1S/C16H22FNO2/c1-11-4-3-5-14(8-11)18(2)10-12-6-7-13(17)9-15(12)16(19)20/h6-7,9,11,14H,3-5,8,10H2,1-2H3,(H,19,20). The summed E-state index contributed by atoms with van der Waals surface area (Å²) in [4.78, 5) is 13.4. The zero-order valence-electron chi connectivity index (χ0n) is 12.1. The van der Waals surface area contributed by atoms with Gasteiger partial charge in [-0.25, -0.2) is 9.18 Å². The second-order valence-corrected chi connectivity index (χ2v) is 5.95. The normalized spacial score (nSPS) is 23.0. The first-order chi connectivity index (χ1) is 9.47. The molecule has 2 unspecified atom stereocenters. The summed E-state index contributed by atoms with van der Waals surface area (Å²) in [5, 5.41) is 9.17. The summed E-state index contributed by atoms with van der Waals surface area (Å²) in [5.41, 5.74) is 0.750. The zero-order valence-corrected chi connectivity index (χ0v) is 12.1. The smallest absolute Gasteiger partial charge is 0.336 e. The van der Waals surface area contributed by atoms with Gasteiger partial charge in [-0.1, -0.05) is 25.8 Å². The SMILES string of the molecule is CC1CCCC(N(C)Cc2ccc(F)cc2C(=O)O)C1. The third kappa shape index (κ3) is 3.57. The van der Waals surface area contributed by atoms with Crippen LogP contribution in [0, 0.1) is 11.7 Å². The monoisotopic (exact) mass is 279 g/mol. The van der Waals surface area contributed by atoms with Crippen molar-refractivity contribution in [3.8, 4) is 0 Å². The van der Waals surface area contributed by atoms with Crippen LogP contribution in [0.25, 0.3) is 0 Å². The van der Waals surface area contributed by atoms with Crippen molar-refractivity contribution in [2.75, 3.05) is 7.05 Å². The Morgan fingerprint density at radius 3 is 2.85 bits per heavy atom. The van der Waals surface area contributed by atoms with Crippen molar-refractivity contribution in [1.82, 2.24) is 4.90 Å². The fourth-order valence-electron chi connectivity index (χ4n) is 3.09. The molecule has 2 atom stereocenters. The molecule has 110 valence electrons. The molecule has 0 bridgehead atoms. The maximum Gasteiger partial charge on any atom is 0.336 e. The fraction of sp³-hybridized carbons (Fsp3) is 0.562. The first kappa shape index (κ1) is 15.0. The molecule has 1 aliphatic rings. The molecular weight excluding hydrogens is 257 g/mol. The quantitative estimate of drug-likeness (QED) is 0.916. The van der Waals surface area contributed by atoms with Crippen molar-refractivity contribution in [2.45, 2.75) is 45.2 Å². The Morgan fingerprint density at radius 2 is 2.20 bits per heavy atom. The molecule has 1 N–H and O–H groups in total. The number of rotatable bonds is 4. The van der Waals surface area contributed by atoms with Gasteiger partial charge in [-0.2, -0.15) is 0 Å². The fourth-order valence-corrected chi connectivity index (χ4v) is 3.09. The molecule has 1 aliphatic carbocycles. The molecule has 0 radical (unpaired) electrons. The van der Waals surface area contributed by atoms with Crippen molar-refractivity contribution in [3.63, 3.8) is 0 Å². The minimum Gasteiger partial charge on any atom is -0.478 e. The van der Waals surface area contributed by atoms with Gasteiger partial charge in [0.2, 0.25) is 0 Å². The number of carbonyl (C=O) groups is 1. The minimum atomic E-state index is -1.06. The first-order valence-electron chi connectivity index (χ1n) is 7.19. The van der Waals surface area contributed by atoms with E-state index < -0.39 is 11.8 Å². The zero-order chi connectivity index (χ0) is 14.7. The van der Waals surface area contributed by atoms with Crippen LogP contribution in [0.1, 0.15) is 48.5 Å². The highest BCUT2D eigenvalue weighted by Gasteiger charge is 2.23. The van der Waals surface area contributed by atoms with E-state index in [4.69, 9.17) is 0 Å². The molecular formula is C16H22FNO2. The Bertz CT molecular complexity index is 489. The van der Waals surface area contributed by atoms with E-state index in [1.54, 1.807) is 6.07 Å². The predicted molar refractivity (Wildman–Crippen MR) is 76.2 cm³/mol. The van der Waals surface area contributed by atoms with E-state index >= 15 is 0 Å². The van der Waals surface area contributed by atoms with E-state index in [0.29, 0.717) is 18.2 Å². The van der Waals surface area contributed by atoms with Crippen molar-refractivity contribution < 1.29 is 14.3 Å². The van der Waals surface area contributed by atoms with Gasteiger partial charge in [-0.15, -0.1) is 0 Å². The van der Waals surface area contributed by atoms with E-state index in [0.717, 1.165) is 24.8 Å². The lowest BCUT2D eigenvalue weighted by Gasteiger charge is -2.34.